The summed E-state index contributed by atoms with van der Waals surface area (Å²) >= 11 is 0. The fourth-order valence-corrected chi connectivity index (χ4v) is 3.96. The Balaban J connectivity index is 1.25. The highest BCUT2D eigenvalue weighted by Crippen LogP contribution is 2.41. The lowest BCUT2D eigenvalue weighted by Gasteiger charge is -2.34. The van der Waals surface area contributed by atoms with Gasteiger partial charge in [0.05, 0.1) is 25.4 Å². The first-order valence-corrected chi connectivity index (χ1v) is 10.4. The minimum Gasteiger partial charge on any atom is -0.497 e. The number of rotatable bonds is 8. The molecule has 2 fully saturated rings. The predicted molar refractivity (Wildman–Crippen MR) is 110 cm³/mol. The molecule has 0 radical (unpaired) electrons. The van der Waals surface area contributed by atoms with Gasteiger partial charge in [-0.25, -0.2) is 0 Å². The lowest BCUT2D eigenvalue weighted by Crippen LogP contribution is -2.49. The number of aryl methyl sites for hydroxylation is 1. The maximum absolute atomic E-state index is 12.7. The Morgan fingerprint density at radius 3 is 2.48 bits per heavy atom. The van der Waals surface area contributed by atoms with Crippen molar-refractivity contribution in [2.75, 3.05) is 39.8 Å². The number of amides is 1. The van der Waals surface area contributed by atoms with Gasteiger partial charge in [0.2, 0.25) is 5.91 Å². The summed E-state index contributed by atoms with van der Waals surface area (Å²) in [6, 6.07) is 10.1. The van der Waals surface area contributed by atoms with Crippen LogP contribution in [0.15, 0.2) is 34.9 Å². The zero-order valence-electron chi connectivity index (χ0n) is 17.3. The van der Waals surface area contributed by atoms with E-state index < -0.39 is 0 Å². The molecule has 1 N–H and O–H groups in total. The monoisotopic (exact) mass is 398 g/mol. The van der Waals surface area contributed by atoms with Gasteiger partial charge in [-0.15, -0.1) is 0 Å². The first-order chi connectivity index (χ1) is 14.1. The van der Waals surface area contributed by atoms with E-state index >= 15 is 0 Å². The second-order valence-electron chi connectivity index (χ2n) is 8.14. The Hall–Kier alpha value is -2.38. The van der Waals surface area contributed by atoms with Crippen molar-refractivity contribution in [3.8, 4) is 5.75 Å². The van der Waals surface area contributed by atoms with Gasteiger partial charge in [0.1, 0.15) is 11.5 Å². The van der Waals surface area contributed by atoms with Gasteiger partial charge in [-0.3, -0.25) is 14.6 Å². The Morgan fingerprint density at radius 2 is 1.90 bits per heavy atom. The lowest BCUT2D eigenvalue weighted by atomic mass is 10.0. The van der Waals surface area contributed by atoms with Gasteiger partial charge in [-0.1, -0.05) is 17.3 Å². The van der Waals surface area contributed by atoms with Crippen LogP contribution in [0.25, 0.3) is 0 Å². The number of methoxy groups -OCH3 is 1. The van der Waals surface area contributed by atoms with Crippen LogP contribution in [0.5, 0.6) is 5.75 Å². The molecule has 0 spiro atoms. The van der Waals surface area contributed by atoms with Crippen LogP contribution >= 0.6 is 0 Å². The third-order valence-electron chi connectivity index (χ3n) is 5.78. The first-order valence-electron chi connectivity index (χ1n) is 10.4. The van der Waals surface area contributed by atoms with E-state index in [1.807, 2.05) is 25.1 Å². The quantitative estimate of drug-likeness (QED) is 0.736. The molecule has 2 aliphatic rings. The van der Waals surface area contributed by atoms with E-state index in [1.165, 1.54) is 12.8 Å². The zero-order chi connectivity index (χ0) is 20.2. The zero-order valence-corrected chi connectivity index (χ0v) is 17.3. The van der Waals surface area contributed by atoms with Crippen molar-refractivity contribution >= 4 is 5.91 Å². The summed E-state index contributed by atoms with van der Waals surface area (Å²) in [6.45, 7) is 6.82. The summed E-state index contributed by atoms with van der Waals surface area (Å²) < 4.78 is 10.4. The third kappa shape index (κ3) is 5.36. The summed E-state index contributed by atoms with van der Waals surface area (Å²) in [5.41, 5.74) is 2.13. The van der Waals surface area contributed by atoms with E-state index in [9.17, 15) is 4.79 Å². The normalized spacial score (nSPS) is 19.1. The molecule has 7 nitrogen and oxygen atoms in total. The summed E-state index contributed by atoms with van der Waals surface area (Å²) in [6.07, 6.45) is 2.36. The van der Waals surface area contributed by atoms with Crippen LogP contribution in [-0.4, -0.2) is 60.7 Å². The number of benzene rings is 1. The van der Waals surface area contributed by atoms with E-state index in [4.69, 9.17) is 9.26 Å². The van der Waals surface area contributed by atoms with Crippen molar-refractivity contribution in [3.05, 3.63) is 47.3 Å². The first kappa shape index (κ1) is 19.9. The molecule has 2 aromatic rings. The highest BCUT2D eigenvalue weighted by atomic mass is 16.5. The van der Waals surface area contributed by atoms with Crippen molar-refractivity contribution in [2.24, 2.45) is 5.92 Å². The van der Waals surface area contributed by atoms with Gasteiger partial charge in [0, 0.05) is 38.8 Å². The Bertz CT molecular complexity index is 808. The molecule has 29 heavy (non-hydrogen) atoms. The van der Waals surface area contributed by atoms with E-state index in [0.717, 1.165) is 55.5 Å². The van der Waals surface area contributed by atoms with Crippen LogP contribution in [0, 0.1) is 12.8 Å². The maximum atomic E-state index is 12.7. The van der Waals surface area contributed by atoms with E-state index in [0.29, 0.717) is 12.5 Å². The van der Waals surface area contributed by atoms with E-state index in [2.05, 4.69) is 32.4 Å². The van der Waals surface area contributed by atoms with Gasteiger partial charge in [-0.2, -0.15) is 0 Å². The molecule has 1 amide bonds. The molecular weight excluding hydrogens is 368 g/mol. The second kappa shape index (κ2) is 8.97. The number of aromatic nitrogens is 1. The van der Waals surface area contributed by atoms with Crippen LogP contribution in [0.2, 0.25) is 0 Å². The van der Waals surface area contributed by atoms with Crippen molar-refractivity contribution in [1.29, 1.82) is 0 Å². The predicted octanol–water partition coefficient (Wildman–Crippen LogP) is 2.38. The fraction of sp³-hybridized carbons (Fsp3) is 0.545. The fourth-order valence-electron chi connectivity index (χ4n) is 3.96. The van der Waals surface area contributed by atoms with E-state index in [-0.39, 0.29) is 11.9 Å². The number of carbonyl (C=O) groups excluding carboxylic acids is 1. The highest BCUT2D eigenvalue weighted by molar-refractivity contribution is 5.78. The highest BCUT2D eigenvalue weighted by Gasteiger charge is 2.33. The van der Waals surface area contributed by atoms with Crippen molar-refractivity contribution in [3.63, 3.8) is 0 Å². The van der Waals surface area contributed by atoms with Crippen LogP contribution < -0.4 is 10.1 Å². The average molecular weight is 399 g/mol. The summed E-state index contributed by atoms with van der Waals surface area (Å²) in [4.78, 5) is 17.3. The molecule has 1 aromatic heterocycles. The largest absolute Gasteiger partial charge is 0.497 e. The topological polar surface area (TPSA) is 70.8 Å². The lowest BCUT2D eigenvalue weighted by molar-refractivity contribution is -0.123. The maximum Gasteiger partial charge on any atom is 0.234 e. The van der Waals surface area contributed by atoms with E-state index in [1.54, 1.807) is 7.11 Å². The van der Waals surface area contributed by atoms with Gasteiger partial charge >= 0.3 is 0 Å². The third-order valence-corrected chi connectivity index (χ3v) is 5.78. The number of hydrogen-bond acceptors (Lipinski definition) is 6. The van der Waals surface area contributed by atoms with Crippen molar-refractivity contribution in [2.45, 2.75) is 32.4 Å². The van der Waals surface area contributed by atoms with Crippen LogP contribution in [-0.2, 0) is 11.3 Å². The van der Waals surface area contributed by atoms with Crippen molar-refractivity contribution in [1.82, 2.24) is 20.3 Å². The average Bonchev–Trinajstić information content (AvgIpc) is 3.49. The molecule has 1 aliphatic carbocycles. The standard InChI is InChI=1S/C22H30N4O3/c1-16-13-19(24-29-16)14-25-9-11-26(12-10-25)15-21(27)23-22(17-3-4-17)18-5-7-20(28-2)8-6-18/h5-8,13,17,22H,3-4,9-12,14-15H2,1-2H3,(H,23,27). The minimum atomic E-state index is 0.102. The summed E-state index contributed by atoms with van der Waals surface area (Å²) in [5.74, 6) is 2.35. The minimum absolute atomic E-state index is 0.102. The number of hydrogen-bond donors (Lipinski definition) is 1. The van der Waals surface area contributed by atoms with Gasteiger partial charge < -0.3 is 14.6 Å². The Kier molecular flexibility index (Phi) is 6.16. The number of ether oxygens (including phenoxy) is 1. The molecule has 156 valence electrons. The molecule has 7 heteroatoms. The number of carbonyl (C=O) groups is 1. The summed E-state index contributed by atoms with van der Waals surface area (Å²) in [7, 11) is 1.67. The molecule has 1 aliphatic heterocycles. The molecule has 1 saturated heterocycles. The number of piperazine rings is 1. The Labute approximate surface area is 172 Å². The smallest absolute Gasteiger partial charge is 0.234 e. The van der Waals surface area contributed by atoms with Gasteiger partial charge in [0.25, 0.3) is 0 Å². The summed E-state index contributed by atoms with van der Waals surface area (Å²) in [5, 5.41) is 7.35. The number of nitrogens with zero attached hydrogens (tertiary/aromatic N) is 3. The SMILES string of the molecule is COc1ccc(C(NC(=O)CN2CCN(Cc3cc(C)on3)CC2)C2CC2)cc1. The molecule has 1 atom stereocenters. The van der Waals surface area contributed by atoms with Crippen LogP contribution in [0.3, 0.4) is 0 Å². The molecule has 1 saturated carbocycles. The van der Waals surface area contributed by atoms with Crippen molar-refractivity contribution < 1.29 is 14.1 Å². The van der Waals surface area contributed by atoms with Crippen LogP contribution in [0.4, 0.5) is 0 Å². The molecular formula is C22H30N4O3. The number of nitrogens with one attached hydrogen (secondary N) is 1. The molecule has 1 aromatic carbocycles. The van der Waals surface area contributed by atoms with Crippen LogP contribution in [0.1, 0.15) is 35.9 Å². The molecule has 4 rings (SSSR count). The van der Waals surface area contributed by atoms with Gasteiger partial charge in [0.15, 0.2) is 0 Å². The van der Waals surface area contributed by atoms with Gasteiger partial charge in [-0.05, 0) is 43.4 Å². The molecule has 1 unspecified atom stereocenters. The molecule has 0 bridgehead atoms. The second-order valence-corrected chi connectivity index (χ2v) is 8.14. The Morgan fingerprint density at radius 1 is 1.21 bits per heavy atom. The molecule has 2 heterocycles.